The molecule has 3 amide bonds. The standard InChI is InChI=1S/C21H34N2O5/c1-3-28-18(24)12-8-5-4-7-11-17-19(25)22(2)20(26)23(17)16-15-21(27)13-9-6-10-14-21/h4,7,17,27H,3,5-6,8-16H2,1-2H3. The average molecular weight is 395 g/mol. The first-order valence-electron chi connectivity index (χ1n) is 10.5. The number of likely N-dealkylation sites (N-methyl/N-ethyl adjacent to an activating group) is 1. The van der Waals surface area contributed by atoms with Crippen molar-refractivity contribution in [1.82, 2.24) is 9.80 Å². The maximum Gasteiger partial charge on any atom is 0.327 e. The highest BCUT2D eigenvalue weighted by Gasteiger charge is 2.43. The van der Waals surface area contributed by atoms with E-state index in [1.165, 1.54) is 11.9 Å². The number of carbonyl (C=O) groups is 3. The zero-order valence-corrected chi connectivity index (χ0v) is 17.2. The summed E-state index contributed by atoms with van der Waals surface area (Å²) >= 11 is 0. The molecule has 1 saturated carbocycles. The van der Waals surface area contributed by atoms with Crippen LogP contribution in [0.1, 0.15) is 71.1 Å². The zero-order chi connectivity index (χ0) is 20.6. The van der Waals surface area contributed by atoms with Crippen molar-refractivity contribution >= 4 is 17.9 Å². The second-order valence-electron chi connectivity index (χ2n) is 7.83. The first-order valence-corrected chi connectivity index (χ1v) is 10.5. The van der Waals surface area contributed by atoms with Gasteiger partial charge in [-0.05, 0) is 45.4 Å². The molecule has 0 aromatic carbocycles. The monoisotopic (exact) mass is 394 g/mol. The molecule has 2 fully saturated rings. The van der Waals surface area contributed by atoms with Crippen molar-refractivity contribution in [2.45, 2.75) is 82.8 Å². The van der Waals surface area contributed by atoms with Gasteiger partial charge >= 0.3 is 12.0 Å². The molecule has 158 valence electrons. The maximum absolute atomic E-state index is 12.4. The van der Waals surface area contributed by atoms with E-state index in [4.69, 9.17) is 4.74 Å². The third-order valence-corrected chi connectivity index (χ3v) is 5.71. The summed E-state index contributed by atoms with van der Waals surface area (Å²) in [5.41, 5.74) is -0.712. The number of aliphatic hydroxyl groups is 1. The number of urea groups is 1. The first kappa shape index (κ1) is 22.4. The SMILES string of the molecule is CCOC(=O)CCCC=CCC1C(=O)N(C)C(=O)N1CCC1(O)CCCCC1. The van der Waals surface area contributed by atoms with Crippen molar-refractivity contribution in [3.63, 3.8) is 0 Å². The van der Waals surface area contributed by atoms with Gasteiger partial charge in [0.2, 0.25) is 0 Å². The van der Waals surface area contributed by atoms with E-state index in [0.29, 0.717) is 38.8 Å². The van der Waals surface area contributed by atoms with Crippen molar-refractivity contribution in [2.75, 3.05) is 20.2 Å². The molecule has 0 aromatic rings. The number of allylic oxidation sites excluding steroid dienone is 1. The minimum Gasteiger partial charge on any atom is -0.466 e. The smallest absolute Gasteiger partial charge is 0.327 e. The normalized spacial score (nSPS) is 22.3. The van der Waals surface area contributed by atoms with Gasteiger partial charge in [0.25, 0.3) is 5.91 Å². The van der Waals surface area contributed by atoms with E-state index in [9.17, 15) is 19.5 Å². The topological polar surface area (TPSA) is 87.2 Å². The molecule has 2 rings (SSSR count). The number of hydrogen-bond donors (Lipinski definition) is 1. The molecule has 0 aromatic heterocycles. The molecule has 1 aliphatic carbocycles. The van der Waals surface area contributed by atoms with E-state index in [0.717, 1.165) is 38.5 Å². The lowest BCUT2D eigenvalue weighted by Crippen LogP contribution is -2.41. The second kappa shape index (κ2) is 10.6. The Hall–Kier alpha value is -1.89. The van der Waals surface area contributed by atoms with E-state index in [1.54, 1.807) is 11.8 Å². The third kappa shape index (κ3) is 6.06. The summed E-state index contributed by atoms with van der Waals surface area (Å²) in [6.45, 7) is 2.57. The zero-order valence-electron chi connectivity index (χ0n) is 17.2. The molecule has 0 bridgehead atoms. The largest absolute Gasteiger partial charge is 0.466 e. The van der Waals surface area contributed by atoms with E-state index in [2.05, 4.69) is 0 Å². The van der Waals surface area contributed by atoms with Gasteiger partial charge in [0.05, 0.1) is 12.2 Å². The Morgan fingerprint density at radius 1 is 1.25 bits per heavy atom. The molecule has 0 radical (unpaired) electrons. The van der Waals surface area contributed by atoms with Crippen molar-refractivity contribution in [2.24, 2.45) is 0 Å². The predicted octanol–water partition coefficient (Wildman–Crippen LogP) is 3.01. The Morgan fingerprint density at radius 3 is 2.64 bits per heavy atom. The summed E-state index contributed by atoms with van der Waals surface area (Å²) in [5.74, 6) is -0.391. The fourth-order valence-electron chi connectivity index (χ4n) is 3.99. The lowest BCUT2D eigenvalue weighted by atomic mass is 9.82. The third-order valence-electron chi connectivity index (χ3n) is 5.71. The number of imide groups is 1. The molecule has 2 aliphatic rings. The van der Waals surface area contributed by atoms with Crippen LogP contribution in [0.2, 0.25) is 0 Å². The van der Waals surface area contributed by atoms with Gasteiger partial charge in [-0.3, -0.25) is 14.5 Å². The van der Waals surface area contributed by atoms with Crippen molar-refractivity contribution in [3.8, 4) is 0 Å². The molecule has 7 heteroatoms. The van der Waals surface area contributed by atoms with Gasteiger partial charge in [-0.15, -0.1) is 0 Å². The number of hydrogen-bond acceptors (Lipinski definition) is 5. The summed E-state index contributed by atoms with van der Waals surface area (Å²) < 4.78 is 4.89. The molecular formula is C21H34N2O5. The molecule has 28 heavy (non-hydrogen) atoms. The van der Waals surface area contributed by atoms with Crippen LogP contribution in [0, 0.1) is 0 Å². The maximum atomic E-state index is 12.4. The lowest BCUT2D eigenvalue weighted by Gasteiger charge is -2.34. The van der Waals surface area contributed by atoms with Crippen molar-refractivity contribution < 1.29 is 24.2 Å². The van der Waals surface area contributed by atoms with Crippen molar-refractivity contribution in [3.05, 3.63) is 12.2 Å². The van der Waals surface area contributed by atoms with Gasteiger partial charge in [-0.1, -0.05) is 31.4 Å². The Kier molecular flexibility index (Phi) is 8.48. The molecule has 7 nitrogen and oxygen atoms in total. The fourth-order valence-corrected chi connectivity index (χ4v) is 3.99. The minimum absolute atomic E-state index is 0.194. The number of ether oxygens (including phenoxy) is 1. The Balaban J connectivity index is 1.83. The molecule has 1 unspecified atom stereocenters. The van der Waals surface area contributed by atoms with Crippen LogP contribution in [0.25, 0.3) is 0 Å². The van der Waals surface area contributed by atoms with Crippen LogP contribution in [0.15, 0.2) is 12.2 Å². The summed E-state index contributed by atoms with van der Waals surface area (Å²) in [5, 5.41) is 10.7. The number of amides is 3. The van der Waals surface area contributed by atoms with Gasteiger partial charge in [-0.2, -0.15) is 0 Å². The van der Waals surface area contributed by atoms with Crippen LogP contribution in [0.4, 0.5) is 4.79 Å². The number of carbonyl (C=O) groups excluding carboxylic acids is 3. The Labute approximate surface area is 167 Å². The molecular weight excluding hydrogens is 360 g/mol. The molecule has 1 N–H and O–H groups in total. The molecule has 0 spiro atoms. The van der Waals surface area contributed by atoms with Crippen LogP contribution in [-0.2, 0) is 14.3 Å². The lowest BCUT2D eigenvalue weighted by molar-refractivity contribution is -0.143. The molecule has 1 atom stereocenters. The van der Waals surface area contributed by atoms with Gasteiger partial charge in [0, 0.05) is 20.0 Å². The van der Waals surface area contributed by atoms with Crippen LogP contribution < -0.4 is 0 Å². The fraction of sp³-hybridized carbons (Fsp3) is 0.762. The Bertz CT molecular complexity index is 583. The van der Waals surface area contributed by atoms with Gasteiger partial charge in [0.1, 0.15) is 6.04 Å². The van der Waals surface area contributed by atoms with E-state index < -0.39 is 11.6 Å². The highest BCUT2D eigenvalue weighted by Crippen LogP contribution is 2.32. The second-order valence-corrected chi connectivity index (χ2v) is 7.83. The summed E-state index contributed by atoms with van der Waals surface area (Å²) in [6.07, 6.45) is 11.3. The summed E-state index contributed by atoms with van der Waals surface area (Å²) in [6, 6.07) is -0.795. The quantitative estimate of drug-likeness (QED) is 0.266. The molecule has 1 aliphatic heterocycles. The predicted molar refractivity (Wildman–Crippen MR) is 106 cm³/mol. The number of nitrogens with zero attached hydrogens (tertiary/aromatic N) is 2. The summed E-state index contributed by atoms with van der Waals surface area (Å²) in [4.78, 5) is 39.0. The van der Waals surface area contributed by atoms with Gasteiger partial charge in [0.15, 0.2) is 0 Å². The molecule has 1 saturated heterocycles. The van der Waals surface area contributed by atoms with Crippen molar-refractivity contribution in [1.29, 1.82) is 0 Å². The van der Waals surface area contributed by atoms with E-state index in [1.807, 2.05) is 12.2 Å². The molecule has 1 heterocycles. The highest BCUT2D eigenvalue weighted by atomic mass is 16.5. The first-order chi connectivity index (χ1) is 13.4. The van der Waals surface area contributed by atoms with Crippen LogP contribution in [0.5, 0.6) is 0 Å². The minimum atomic E-state index is -0.712. The Morgan fingerprint density at radius 2 is 1.96 bits per heavy atom. The van der Waals surface area contributed by atoms with Crippen LogP contribution >= 0.6 is 0 Å². The number of unbranched alkanes of at least 4 members (excludes halogenated alkanes) is 1. The van der Waals surface area contributed by atoms with E-state index in [-0.39, 0.29) is 17.9 Å². The van der Waals surface area contributed by atoms with Crippen LogP contribution in [0.3, 0.4) is 0 Å². The average Bonchev–Trinajstić information content (AvgIpc) is 2.87. The van der Waals surface area contributed by atoms with Gasteiger partial charge in [-0.25, -0.2) is 4.79 Å². The van der Waals surface area contributed by atoms with Crippen LogP contribution in [-0.4, -0.2) is 64.7 Å². The number of rotatable bonds is 10. The van der Waals surface area contributed by atoms with Gasteiger partial charge < -0.3 is 14.7 Å². The van der Waals surface area contributed by atoms with E-state index >= 15 is 0 Å². The number of esters is 1. The summed E-state index contributed by atoms with van der Waals surface area (Å²) in [7, 11) is 1.51. The highest BCUT2D eigenvalue weighted by molar-refractivity contribution is 6.03.